The van der Waals surface area contributed by atoms with Crippen LogP contribution < -0.4 is 10.6 Å². The summed E-state index contributed by atoms with van der Waals surface area (Å²) in [5.74, 6) is -1.43. The predicted octanol–water partition coefficient (Wildman–Crippen LogP) is 2.07. The first-order valence-corrected chi connectivity index (χ1v) is 7.25. The quantitative estimate of drug-likeness (QED) is 0.748. The Kier molecular flexibility index (Phi) is 4.27. The number of halogens is 4. The van der Waals surface area contributed by atoms with Crippen molar-refractivity contribution in [2.24, 2.45) is 0 Å². The van der Waals surface area contributed by atoms with Gasteiger partial charge in [-0.1, -0.05) is 6.07 Å². The Morgan fingerprint density at radius 1 is 1.38 bits per heavy atom. The minimum Gasteiger partial charge on any atom is -0.350 e. The zero-order valence-electron chi connectivity index (χ0n) is 12.4. The average Bonchev–Trinajstić information content (AvgIpc) is 3.00. The summed E-state index contributed by atoms with van der Waals surface area (Å²) in [6.07, 6.45) is -2.40. The number of amides is 1. The van der Waals surface area contributed by atoms with Gasteiger partial charge in [-0.3, -0.25) is 4.79 Å². The Morgan fingerprint density at radius 2 is 2.17 bits per heavy atom. The molecule has 0 aliphatic carbocycles. The van der Waals surface area contributed by atoms with Gasteiger partial charge in [-0.2, -0.15) is 13.2 Å². The fraction of sp³-hybridized carbons (Fsp3) is 0.333. The van der Waals surface area contributed by atoms with Crippen molar-refractivity contribution in [1.82, 2.24) is 20.6 Å². The maximum absolute atomic E-state index is 13.8. The molecule has 2 aromatic rings. The molecule has 1 aliphatic rings. The van der Waals surface area contributed by atoms with Crippen LogP contribution in [0.25, 0.3) is 0 Å². The Bertz CT molecular complexity index is 756. The predicted molar refractivity (Wildman–Crippen MR) is 76.3 cm³/mol. The van der Waals surface area contributed by atoms with Gasteiger partial charge < -0.3 is 15.6 Å². The summed E-state index contributed by atoms with van der Waals surface area (Å²) in [5, 5.41) is 5.53. The fourth-order valence-electron chi connectivity index (χ4n) is 2.59. The number of nitrogens with zero attached hydrogens (tertiary/aromatic N) is 1. The first-order chi connectivity index (χ1) is 11.4. The zero-order chi connectivity index (χ0) is 17.3. The summed E-state index contributed by atoms with van der Waals surface area (Å²) in [4.78, 5) is 19.3. The number of benzene rings is 1. The third kappa shape index (κ3) is 3.25. The van der Waals surface area contributed by atoms with Crippen LogP contribution in [0.15, 0.2) is 24.5 Å². The van der Waals surface area contributed by atoms with Gasteiger partial charge in [-0.15, -0.1) is 0 Å². The van der Waals surface area contributed by atoms with E-state index < -0.39 is 29.5 Å². The number of rotatable bonds is 3. The van der Waals surface area contributed by atoms with Gasteiger partial charge in [-0.05, 0) is 12.1 Å². The molecule has 3 N–H and O–H groups in total. The zero-order valence-corrected chi connectivity index (χ0v) is 12.4. The summed E-state index contributed by atoms with van der Waals surface area (Å²) in [6.45, 7) is 0.378. The van der Waals surface area contributed by atoms with Crippen molar-refractivity contribution >= 4 is 5.91 Å². The van der Waals surface area contributed by atoms with Gasteiger partial charge >= 0.3 is 6.18 Å². The van der Waals surface area contributed by atoms with E-state index in [2.05, 4.69) is 20.6 Å². The normalized spacial score (nSPS) is 17.4. The maximum Gasteiger partial charge on any atom is 0.416 e. The van der Waals surface area contributed by atoms with Crippen LogP contribution in [0.4, 0.5) is 17.6 Å². The van der Waals surface area contributed by atoms with Gasteiger partial charge in [0.1, 0.15) is 11.9 Å². The highest BCUT2D eigenvalue weighted by molar-refractivity contribution is 5.83. The number of aromatic nitrogens is 2. The number of carbonyl (C=O) groups excluding carboxylic acids is 1. The number of imidazole rings is 1. The number of hydrogen-bond donors (Lipinski definition) is 3. The monoisotopic (exact) mass is 342 g/mol. The molecule has 0 saturated heterocycles. The molecule has 0 fully saturated rings. The van der Waals surface area contributed by atoms with Gasteiger partial charge in [0.15, 0.2) is 0 Å². The summed E-state index contributed by atoms with van der Waals surface area (Å²) in [5.41, 5.74) is 0.348. The molecule has 1 atom stereocenters. The van der Waals surface area contributed by atoms with Crippen molar-refractivity contribution in [3.05, 3.63) is 52.9 Å². The van der Waals surface area contributed by atoms with Crippen LogP contribution in [0.2, 0.25) is 0 Å². The number of aromatic amines is 1. The molecular weight excluding hydrogens is 328 g/mol. The smallest absolute Gasteiger partial charge is 0.350 e. The molecule has 0 unspecified atom stereocenters. The lowest BCUT2D eigenvalue weighted by Crippen LogP contribution is -2.41. The van der Waals surface area contributed by atoms with Gasteiger partial charge in [0.05, 0.1) is 17.6 Å². The highest BCUT2D eigenvalue weighted by Gasteiger charge is 2.31. The lowest BCUT2D eigenvalue weighted by molar-refractivity contribution is -0.137. The molecule has 0 saturated carbocycles. The molecule has 128 valence electrons. The summed E-state index contributed by atoms with van der Waals surface area (Å²) in [6, 6.07) is 1.56. The maximum atomic E-state index is 13.8. The number of nitrogens with one attached hydrogen (secondary N) is 3. The number of carbonyl (C=O) groups is 1. The Hall–Kier alpha value is -2.42. The van der Waals surface area contributed by atoms with E-state index in [1.807, 2.05) is 0 Å². The second-order valence-corrected chi connectivity index (χ2v) is 5.43. The van der Waals surface area contributed by atoms with Crippen LogP contribution in [-0.4, -0.2) is 22.4 Å². The minimum absolute atomic E-state index is 0.0191. The number of H-pyrrole nitrogens is 1. The van der Waals surface area contributed by atoms with Crippen molar-refractivity contribution in [2.75, 3.05) is 6.54 Å². The third-order valence-corrected chi connectivity index (χ3v) is 3.84. The van der Waals surface area contributed by atoms with Gasteiger partial charge in [0.25, 0.3) is 0 Å². The number of hydrogen-bond acceptors (Lipinski definition) is 3. The van der Waals surface area contributed by atoms with Crippen LogP contribution in [-0.2, 0) is 23.9 Å². The van der Waals surface area contributed by atoms with Crippen molar-refractivity contribution in [1.29, 1.82) is 0 Å². The second-order valence-electron chi connectivity index (χ2n) is 5.43. The van der Waals surface area contributed by atoms with Gasteiger partial charge in [0, 0.05) is 30.8 Å². The summed E-state index contributed by atoms with van der Waals surface area (Å²) >= 11 is 0. The minimum atomic E-state index is -4.61. The molecule has 1 aromatic heterocycles. The van der Waals surface area contributed by atoms with Crippen molar-refractivity contribution < 1.29 is 22.4 Å². The van der Waals surface area contributed by atoms with Crippen molar-refractivity contribution in [3.63, 3.8) is 0 Å². The van der Waals surface area contributed by atoms with Crippen LogP contribution in [0.5, 0.6) is 0 Å². The molecule has 2 heterocycles. The molecule has 0 radical (unpaired) electrons. The molecule has 0 bridgehead atoms. The van der Waals surface area contributed by atoms with E-state index in [4.69, 9.17) is 0 Å². The molecule has 5 nitrogen and oxygen atoms in total. The van der Waals surface area contributed by atoms with Gasteiger partial charge in [-0.25, -0.2) is 9.37 Å². The third-order valence-electron chi connectivity index (χ3n) is 3.84. The van der Waals surface area contributed by atoms with E-state index in [1.165, 1.54) is 6.33 Å². The Labute approximate surface area is 134 Å². The molecule has 3 rings (SSSR count). The van der Waals surface area contributed by atoms with Crippen LogP contribution in [0.1, 0.15) is 28.6 Å². The van der Waals surface area contributed by atoms with Crippen molar-refractivity contribution in [3.8, 4) is 0 Å². The second kappa shape index (κ2) is 6.23. The van der Waals surface area contributed by atoms with E-state index in [-0.39, 0.29) is 12.1 Å². The average molecular weight is 342 g/mol. The van der Waals surface area contributed by atoms with E-state index in [0.29, 0.717) is 24.7 Å². The highest BCUT2D eigenvalue weighted by Crippen LogP contribution is 2.30. The molecule has 0 spiro atoms. The lowest BCUT2D eigenvalue weighted by Gasteiger charge is -2.22. The SMILES string of the molecule is O=C(NCc1ccc(C(F)(F)F)cc1F)[C@H]1NCCc2[nH]cnc21. The van der Waals surface area contributed by atoms with E-state index >= 15 is 0 Å². The Morgan fingerprint density at radius 3 is 2.88 bits per heavy atom. The summed E-state index contributed by atoms with van der Waals surface area (Å²) < 4.78 is 51.3. The first-order valence-electron chi connectivity index (χ1n) is 7.25. The molecule has 9 heteroatoms. The highest BCUT2D eigenvalue weighted by atomic mass is 19.4. The fourth-order valence-corrected chi connectivity index (χ4v) is 2.59. The van der Waals surface area contributed by atoms with E-state index in [0.717, 1.165) is 17.8 Å². The summed E-state index contributed by atoms with van der Waals surface area (Å²) in [7, 11) is 0. The topological polar surface area (TPSA) is 69.8 Å². The molecule has 1 aliphatic heterocycles. The Balaban J connectivity index is 1.68. The van der Waals surface area contributed by atoms with Crippen LogP contribution in [0.3, 0.4) is 0 Å². The molecular formula is C15H14F4N4O. The van der Waals surface area contributed by atoms with Crippen LogP contribution >= 0.6 is 0 Å². The van der Waals surface area contributed by atoms with E-state index in [9.17, 15) is 22.4 Å². The van der Waals surface area contributed by atoms with Crippen molar-refractivity contribution in [2.45, 2.75) is 25.2 Å². The molecule has 1 aromatic carbocycles. The van der Waals surface area contributed by atoms with Crippen LogP contribution in [0, 0.1) is 5.82 Å². The number of alkyl halides is 3. The van der Waals surface area contributed by atoms with E-state index in [1.54, 1.807) is 0 Å². The molecule has 1 amide bonds. The number of fused-ring (bicyclic) bond motifs is 1. The lowest BCUT2D eigenvalue weighted by atomic mass is 10.0. The molecule has 24 heavy (non-hydrogen) atoms. The first kappa shape index (κ1) is 16.4. The largest absolute Gasteiger partial charge is 0.416 e. The van der Waals surface area contributed by atoms with Gasteiger partial charge in [0.2, 0.25) is 5.91 Å². The standard InChI is InChI=1S/C15H14F4N4O/c16-10-5-9(15(17,18)19)2-1-8(10)6-21-14(24)13-12-11(3-4-20-13)22-7-23-12/h1-2,5,7,13,20H,3-4,6H2,(H,21,24)(H,22,23)/t13-/m0/s1.